The zero-order valence-electron chi connectivity index (χ0n) is 8.68. The smallest absolute Gasteiger partial charge is 0.162 e. The van der Waals surface area contributed by atoms with Gasteiger partial charge in [0, 0.05) is 11.8 Å². The molecule has 0 amide bonds. The molecule has 0 unspecified atom stereocenters. The van der Waals surface area contributed by atoms with Crippen molar-refractivity contribution >= 4 is 21.7 Å². The summed E-state index contributed by atoms with van der Waals surface area (Å²) in [5.74, 6) is 6.76. The first-order valence-corrected chi connectivity index (χ1v) is 5.56. The van der Waals surface area contributed by atoms with Crippen LogP contribution in [0.4, 0.5) is 5.82 Å². The molecule has 2 aromatic rings. The zero-order valence-corrected chi connectivity index (χ0v) is 10.3. The number of anilines is 1. The Morgan fingerprint density at radius 2 is 2.31 bits per heavy atom. The molecule has 2 rings (SSSR count). The fourth-order valence-electron chi connectivity index (χ4n) is 1.47. The van der Waals surface area contributed by atoms with Gasteiger partial charge in [-0.1, -0.05) is 6.92 Å². The van der Waals surface area contributed by atoms with Crippen molar-refractivity contribution in [1.82, 2.24) is 19.7 Å². The first kappa shape index (κ1) is 11.0. The number of halogens is 1. The monoisotopic (exact) mass is 282 g/mol. The lowest BCUT2D eigenvalue weighted by Gasteiger charge is -2.10. The predicted octanol–water partition coefficient (Wildman–Crippen LogP) is 1.27. The molecule has 0 saturated heterocycles. The van der Waals surface area contributed by atoms with Gasteiger partial charge >= 0.3 is 0 Å². The van der Waals surface area contributed by atoms with Crippen molar-refractivity contribution in [3.63, 3.8) is 0 Å². The van der Waals surface area contributed by atoms with Crippen LogP contribution < -0.4 is 11.3 Å². The minimum atomic E-state index is 0.624. The minimum absolute atomic E-state index is 0.624. The molecule has 0 aromatic carbocycles. The topological polar surface area (TPSA) is 81.6 Å². The lowest BCUT2D eigenvalue weighted by Crippen LogP contribution is -2.14. The molecule has 16 heavy (non-hydrogen) atoms. The molecule has 2 aromatic heterocycles. The summed E-state index contributed by atoms with van der Waals surface area (Å²) >= 11 is 3.34. The summed E-state index contributed by atoms with van der Waals surface area (Å²) < 4.78 is 2.58. The van der Waals surface area contributed by atoms with Crippen LogP contribution in [0, 0.1) is 0 Å². The van der Waals surface area contributed by atoms with Crippen LogP contribution in [-0.4, -0.2) is 19.7 Å². The highest BCUT2D eigenvalue weighted by Crippen LogP contribution is 2.19. The Morgan fingerprint density at radius 1 is 1.50 bits per heavy atom. The van der Waals surface area contributed by atoms with Crippen LogP contribution in [0.3, 0.4) is 0 Å². The third-order valence-electron chi connectivity index (χ3n) is 2.18. The van der Waals surface area contributed by atoms with Crippen molar-refractivity contribution < 1.29 is 0 Å². The molecule has 0 aliphatic heterocycles. The van der Waals surface area contributed by atoms with Gasteiger partial charge in [0.05, 0.1) is 10.7 Å². The molecular weight excluding hydrogens is 272 g/mol. The molecule has 84 valence electrons. The number of aromatic nitrogens is 4. The number of nitrogens with zero attached hydrogens (tertiary/aromatic N) is 4. The molecule has 0 aliphatic carbocycles. The van der Waals surface area contributed by atoms with Gasteiger partial charge in [-0.15, -0.1) is 0 Å². The lowest BCUT2D eigenvalue weighted by atomic mass is 10.2. The van der Waals surface area contributed by atoms with Gasteiger partial charge in [0.25, 0.3) is 0 Å². The van der Waals surface area contributed by atoms with Crippen LogP contribution in [-0.2, 0) is 6.42 Å². The second kappa shape index (κ2) is 4.58. The van der Waals surface area contributed by atoms with E-state index in [1.807, 2.05) is 13.1 Å². The maximum Gasteiger partial charge on any atom is 0.162 e. The zero-order chi connectivity index (χ0) is 11.5. The molecular formula is C9H11BrN6. The van der Waals surface area contributed by atoms with Crippen LogP contribution in [0.15, 0.2) is 23.2 Å². The second-order valence-corrected chi connectivity index (χ2v) is 4.04. The average Bonchev–Trinajstić information content (AvgIpc) is 2.74. The molecule has 0 fully saturated rings. The summed E-state index contributed by atoms with van der Waals surface area (Å²) in [6.07, 6.45) is 5.77. The number of hydrogen-bond acceptors (Lipinski definition) is 5. The molecule has 0 spiro atoms. The van der Waals surface area contributed by atoms with E-state index >= 15 is 0 Å². The third-order valence-corrected chi connectivity index (χ3v) is 2.59. The maximum atomic E-state index is 5.40. The van der Waals surface area contributed by atoms with E-state index in [4.69, 9.17) is 5.84 Å². The Bertz CT molecular complexity index is 494. The molecule has 0 saturated carbocycles. The van der Waals surface area contributed by atoms with Gasteiger partial charge in [-0.25, -0.2) is 20.5 Å². The van der Waals surface area contributed by atoms with E-state index in [0.29, 0.717) is 5.82 Å². The Kier molecular flexibility index (Phi) is 3.16. The van der Waals surface area contributed by atoms with E-state index in [9.17, 15) is 0 Å². The number of rotatable bonds is 3. The van der Waals surface area contributed by atoms with Gasteiger partial charge in [0.2, 0.25) is 0 Å². The number of nitrogen functional groups attached to an aromatic ring is 1. The maximum absolute atomic E-state index is 5.40. The first-order chi connectivity index (χ1) is 7.76. The van der Waals surface area contributed by atoms with Gasteiger partial charge in [0.1, 0.15) is 12.1 Å². The van der Waals surface area contributed by atoms with E-state index in [0.717, 1.165) is 22.3 Å². The van der Waals surface area contributed by atoms with Gasteiger partial charge in [0.15, 0.2) is 5.82 Å². The second-order valence-electron chi connectivity index (χ2n) is 3.13. The van der Waals surface area contributed by atoms with Crippen molar-refractivity contribution in [3.05, 3.63) is 28.8 Å². The number of hydrazine groups is 1. The van der Waals surface area contributed by atoms with E-state index in [1.54, 1.807) is 10.9 Å². The van der Waals surface area contributed by atoms with Crippen molar-refractivity contribution in [2.24, 2.45) is 5.84 Å². The highest BCUT2D eigenvalue weighted by Gasteiger charge is 2.11. The standard InChI is InChI=1S/C9H11BrN6/c1-2-7-8(15-11)12-5-13-9(7)16-4-6(10)3-14-16/h3-5H,2,11H2,1H3,(H,12,13,15). The van der Waals surface area contributed by atoms with Crippen molar-refractivity contribution in [2.75, 3.05) is 5.43 Å². The Morgan fingerprint density at radius 3 is 2.88 bits per heavy atom. The number of hydrogen-bond donors (Lipinski definition) is 2. The fraction of sp³-hybridized carbons (Fsp3) is 0.222. The summed E-state index contributed by atoms with van der Waals surface area (Å²) in [6.45, 7) is 2.02. The molecule has 2 heterocycles. The molecule has 0 aliphatic rings. The summed E-state index contributed by atoms with van der Waals surface area (Å²) in [6, 6.07) is 0. The van der Waals surface area contributed by atoms with Gasteiger partial charge < -0.3 is 5.43 Å². The van der Waals surface area contributed by atoms with E-state index in [-0.39, 0.29) is 0 Å². The van der Waals surface area contributed by atoms with Crippen LogP contribution in [0.1, 0.15) is 12.5 Å². The highest BCUT2D eigenvalue weighted by molar-refractivity contribution is 9.10. The Balaban J connectivity index is 2.56. The minimum Gasteiger partial charge on any atom is -0.308 e. The fourth-order valence-corrected chi connectivity index (χ4v) is 1.75. The predicted molar refractivity (Wildman–Crippen MR) is 64.0 cm³/mol. The van der Waals surface area contributed by atoms with E-state index in [1.165, 1.54) is 6.33 Å². The van der Waals surface area contributed by atoms with E-state index in [2.05, 4.69) is 36.4 Å². The summed E-state index contributed by atoms with van der Waals surface area (Å²) in [5, 5.41) is 4.18. The average molecular weight is 283 g/mol. The van der Waals surface area contributed by atoms with Crippen LogP contribution in [0.2, 0.25) is 0 Å². The summed E-state index contributed by atoms with van der Waals surface area (Å²) in [5.41, 5.74) is 3.49. The quantitative estimate of drug-likeness (QED) is 0.655. The SMILES string of the molecule is CCc1c(NN)ncnc1-n1cc(Br)cn1. The van der Waals surface area contributed by atoms with Crippen molar-refractivity contribution in [2.45, 2.75) is 13.3 Å². The molecule has 0 bridgehead atoms. The summed E-state index contributed by atoms with van der Waals surface area (Å²) in [7, 11) is 0. The van der Waals surface area contributed by atoms with Crippen LogP contribution in [0.5, 0.6) is 0 Å². The lowest BCUT2D eigenvalue weighted by molar-refractivity contribution is 0.818. The molecule has 0 radical (unpaired) electrons. The van der Waals surface area contributed by atoms with Gasteiger partial charge in [-0.05, 0) is 22.4 Å². The largest absolute Gasteiger partial charge is 0.308 e. The van der Waals surface area contributed by atoms with E-state index < -0.39 is 0 Å². The Hall–Kier alpha value is -1.47. The number of nitrogens with one attached hydrogen (secondary N) is 1. The van der Waals surface area contributed by atoms with Crippen LogP contribution >= 0.6 is 15.9 Å². The van der Waals surface area contributed by atoms with Crippen molar-refractivity contribution in [3.8, 4) is 5.82 Å². The van der Waals surface area contributed by atoms with Crippen LogP contribution in [0.25, 0.3) is 5.82 Å². The first-order valence-electron chi connectivity index (χ1n) is 4.77. The molecule has 0 atom stereocenters. The normalized spacial score (nSPS) is 10.4. The third kappa shape index (κ3) is 1.91. The molecule has 3 N–H and O–H groups in total. The highest BCUT2D eigenvalue weighted by atomic mass is 79.9. The number of nitrogens with two attached hydrogens (primary N) is 1. The van der Waals surface area contributed by atoms with Gasteiger partial charge in [-0.2, -0.15) is 5.10 Å². The van der Waals surface area contributed by atoms with Crippen molar-refractivity contribution in [1.29, 1.82) is 0 Å². The summed E-state index contributed by atoms with van der Waals surface area (Å²) in [4.78, 5) is 8.28. The van der Waals surface area contributed by atoms with Gasteiger partial charge in [-0.3, -0.25) is 0 Å². The molecule has 7 heteroatoms. The Labute approximate surface area is 101 Å². The molecule has 6 nitrogen and oxygen atoms in total.